The number of carbonyl (C=O) groups is 1. The second kappa shape index (κ2) is 8.22. The monoisotopic (exact) mass is 445 g/mol. The Morgan fingerprint density at radius 2 is 1.93 bits per heavy atom. The van der Waals surface area contributed by atoms with Crippen molar-refractivity contribution in [2.75, 3.05) is 0 Å². The molecule has 1 saturated carbocycles. The Morgan fingerprint density at radius 3 is 2.63 bits per heavy atom. The largest absolute Gasteiger partial charge is 0.457 e. The van der Waals surface area contributed by atoms with E-state index in [1.165, 1.54) is 24.3 Å². The Kier molecular flexibility index (Phi) is 5.64. The van der Waals surface area contributed by atoms with E-state index in [1.807, 2.05) is 30.3 Å². The first-order chi connectivity index (χ1) is 14.3. The van der Waals surface area contributed by atoms with Gasteiger partial charge in [0.05, 0.1) is 21.8 Å². The van der Waals surface area contributed by atoms with Crippen LogP contribution in [0.2, 0.25) is 5.15 Å². The van der Waals surface area contributed by atoms with E-state index in [-0.39, 0.29) is 23.1 Å². The summed E-state index contributed by atoms with van der Waals surface area (Å²) in [6.45, 7) is 1.71. The first kappa shape index (κ1) is 20.6. The summed E-state index contributed by atoms with van der Waals surface area (Å²) in [6, 6.07) is 15.2. The second-order valence-electron chi connectivity index (χ2n) is 7.10. The minimum atomic E-state index is -3.65. The number of carbonyl (C=O) groups excluding carboxylic acids is 1. The lowest BCUT2D eigenvalue weighted by Crippen LogP contribution is -2.25. The third-order valence-electron chi connectivity index (χ3n) is 4.75. The maximum Gasteiger partial charge on any atom is 0.338 e. The highest BCUT2D eigenvalue weighted by Gasteiger charge is 2.28. The van der Waals surface area contributed by atoms with Crippen molar-refractivity contribution >= 4 is 27.6 Å². The lowest BCUT2D eigenvalue weighted by Gasteiger charge is -2.08. The highest BCUT2D eigenvalue weighted by atomic mass is 35.5. The van der Waals surface area contributed by atoms with Crippen LogP contribution in [0.15, 0.2) is 59.5 Å². The molecule has 0 aliphatic heterocycles. The van der Waals surface area contributed by atoms with Gasteiger partial charge in [0.15, 0.2) is 0 Å². The van der Waals surface area contributed by atoms with Crippen LogP contribution in [-0.2, 0) is 21.4 Å². The predicted molar refractivity (Wildman–Crippen MR) is 112 cm³/mol. The third kappa shape index (κ3) is 4.40. The molecule has 0 amide bonds. The number of hydrogen-bond acceptors (Lipinski definition) is 5. The molecule has 0 radical (unpaired) electrons. The Morgan fingerprint density at radius 1 is 1.20 bits per heavy atom. The van der Waals surface area contributed by atoms with Crippen molar-refractivity contribution in [1.29, 1.82) is 0 Å². The summed E-state index contributed by atoms with van der Waals surface area (Å²) in [5.74, 6) is -0.638. The van der Waals surface area contributed by atoms with Gasteiger partial charge in [0.2, 0.25) is 10.0 Å². The van der Waals surface area contributed by atoms with E-state index >= 15 is 0 Å². The molecule has 0 atom stereocenters. The minimum Gasteiger partial charge on any atom is -0.457 e. The number of hydrogen-bond donors (Lipinski definition) is 1. The fraction of sp³-hybridized carbons (Fsp3) is 0.238. The molecule has 1 aliphatic carbocycles. The van der Waals surface area contributed by atoms with Crippen molar-refractivity contribution in [1.82, 2.24) is 14.5 Å². The maximum absolute atomic E-state index is 12.5. The predicted octanol–water partition coefficient (Wildman–Crippen LogP) is 3.63. The van der Waals surface area contributed by atoms with E-state index in [9.17, 15) is 13.2 Å². The highest BCUT2D eigenvalue weighted by Crippen LogP contribution is 2.25. The first-order valence-electron chi connectivity index (χ1n) is 9.44. The fourth-order valence-corrected chi connectivity index (χ4v) is 4.61. The normalized spacial score (nSPS) is 13.9. The molecule has 4 rings (SSSR count). The molecule has 156 valence electrons. The number of nitrogens with one attached hydrogen (secondary N) is 1. The highest BCUT2D eigenvalue weighted by molar-refractivity contribution is 7.89. The van der Waals surface area contributed by atoms with Gasteiger partial charge in [0.1, 0.15) is 11.8 Å². The number of ether oxygens (including phenoxy) is 1. The molecule has 0 bridgehead atoms. The zero-order valence-corrected chi connectivity index (χ0v) is 17.8. The van der Waals surface area contributed by atoms with E-state index in [0.29, 0.717) is 16.4 Å². The van der Waals surface area contributed by atoms with E-state index in [4.69, 9.17) is 16.3 Å². The number of rotatable bonds is 7. The molecule has 0 unspecified atom stereocenters. The zero-order chi connectivity index (χ0) is 21.3. The zero-order valence-electron chi connectivity index (χ0n) is 16.2. The Balaban J connectivity index is 1.49. The van der Waals surface area contributed by atoms with Gasteiger partial charge in [0, 0.05) is 11.6 Å². The molecule has 7 nitrogen and oxygen atoms in total. The summed E-state index contributed by atoms with van der Waals surface area (Å²) in [4.78, 5) is 12.6. The lowest BCUT2D eigenvalue weighted by molar-refractivity contribution is 0.0472. The molecule has 30 heavy (non-hydrogen) atoms. The topological polar surface area (TPSA) is 90.3 Å². The summed E-state index contributed by atoms with van der Waals surface area (Å²) in [5, 5.41) is 4.77. The minimum absolute atomic E-state index is 0.0168. The Labute approximate surface area is 179 Å². The standard InChI is InChI=1S/C21H20ClN3O4S/c1-14-19(20(22)25(23-14)17-7-3-2-4-8-17)13-29-21(26)15-6-5-9-18(12-15)30(27,28)24-16-10-11-16/h2-9,12,16,24H,10-11,13H2,1H3. The fourth-order valence-electron chi connectivity index (χ4n) is 2.94. The number of benzene rings is 2. The summed E-state index contributed by atoms with van der Waals surface area (Å²) < 4.78 is 34.3. The van der Waals surface area contributed by atoms with Crippen LogP contribution in [0.25, 0.3) is 5.69 Å². The van der Waals surface area contributed by atoms with Gasteiger partial charge < -0.3 is 4.74 Å². The van der Waals surface area contributed by atoms with Crippen LogP contribution in [0.1, 0.15) is 34.5 Å². The van der Waals surface area contributed by atoms with Gasteiger partial charge in [-0.25, -0.2) is 22.6 Å². The van der Waals surface area contributed by atoms with E-state index < -0.39 is 16.0 Å². The van der Waals surface area contributed by atoms with Crippen LogP contribution in [0.3, 0.4) is 0 Å². The van der Waals surface area contributed by atoms with Gasteiger partial charge in [-0.15, -0.1) is 0 Å². The van der Waals surface area contributed by atoms with Crippen molar-refractivity contribution in [2.24, 2.45) is 0 Å². The van der Waals surface area contributed by atoms with Gasteiger partial charge in [-0.05, 0) is 50.1 Å². The van der Waals surface area contributed by atoms with Crippen LogP contribution >= 0.6 is 11.6 Å². The van der Waals surface area contributed by atoms with E-state index in [0.717, 1.165) is 18.5 Å². The number of nitrogens with zero attached hydrogens (tertiary/aromatic N) is 2. The van der Waals surface area contributed by atoms with Crippen molar-refractivity contribution in [3.05, 3.63) is 76.6 Å². The quantitative estimate of drug-likeness (QED) is 0.561. The summed E-state index contributed by atoms with van der Waals surface area (Å²) in [5.41, 5.74) is 2.18. The van der Waals surface area contributed by atoms with Gasteiger partial charge >= 0.3 is 5.97 Å². The molecule has 1 heterocycles. The van der Waals surface area contributed by atoms with Crippen LogP contribution in [0, 0.1) is 6.92 Å². The van der Waals surface area contributed by atoms with Gasteiger partial charge in [-0.3, -0.25) is 0 Å². The molecule has 0 saturated heterocycles. The van der Waals surface area contributed by atoms with E-state index in [1.54, 1.807) is 11.6 Å². The first-order valence-corrected chi connectivity index (χ1v) is 11.3. The summed E-state index contributed by atoms with van der Waals surface area (Å²) in [7, 11) is -3.65. The van der Waals surface area contributed by atoms with Crippen molar-refractivity contribution in [3.8, 4) is 5.69 Å². The third-order valence-corrected chi connectivity index (χ3v) is 6.66. The number of sulfonamides is 1. The van der Waals surface area contributed by atoms with E-state index in [2.05, 4.69) is 9.82 Å². The summed E-state index contributed by atoms with van der Waals surface area (Å²) >= 11 is 6.45. The molecule has 3 aromatic rings. The van der Waals surface area contributed by atoms with Crippen LogP contribution in [-0.4, -0.2) is 30.2 Å². The lowest BCUT2D eigenvalue weighted by atomic mass is 10.2. The molecule has 9 heteroatoms. The van der Waals surface area contributed by atoms with Gasteiger partial charge in [-0.1, -0.05) is 35.9 Å². The van der Waals surface area contributed by atoms with Gasteiger partial charge in [-0.2, -0.15) is 5.10 Å². The molecule has 0 spiro atoms. The van der Waals surface area contributed by atoms with Gasteiger partial charge in [0.25, 0.3) is 0 Å². The number of para-hydroxylation sites is 1. The number of aryl methyl sites for hydroxylation is 1. The number of esters is 1. The molecule has 1 N–H and O–H groups in total. The molecular formula is C21H20ClN3O4S. The maximum atomic E-state index is 12.5. The Hall–Kier alpha value is -2.68. The Bertz CT molecular complexity index is 1190. The number of aromatic nitrogens is 2. The van der Waals surface area contributed by atoms with Crippen molar-refractivity contribution in [3.63, 3.8) is 0 Å². The smallest absolute Gasteiger partial charge is 0.338 e. The molecule has 2 aromatic carbocycles. The molecular weight excluding hydrogens is 426 g/mol. The number of halogens is 1. The van der Waals surface area contributed by atoms with Crippen molar-refractivity contribution in [2.45, 2.75) is 37.3 Å². The second-order valence-corrected chi connectivity index (χ2v) is 9.17. The average Bonchev–Trinajstić information content (AvgIpc) is 3.50. The molecule has 1 aliphatic rings. The van der Waals surface area contributed by atoms with Crippen LogP contribution in [0.5, 0.6) is 0 Å². The molecule has 1 aromatic heterocycles. The average molecular weight is 446 g/mol. The van der Waals surface area contributed by atoms with Crippen LogP contribution < -0.4 is 4.72 Å². The summed E-state index contributed by atoms with van der Waals surface area (Å²) in [6.07, 6.45) is 1.66. The SMILES string of the molecule is Cc1nn(-c2ccccc2)c(Cl)c1COC(=O)c1cccc(S(=O)(=O)NC2CC2)c1. The van der Waals surface area contributed by atoms with Crippen LogP contribution in [0.4, 0.5) is 0 Å². The van der Waals surface area contributed by atoms with Crippen molar-refractivity contribution < 1.29 is 17.9 Å². The molecule has 1 fully saturated rings.